The van der Waals surface area contributed by atoms with E-state index < -0.39 is 51.5 Å². The number of hydrogen-bond acceptors (Lipinski definition) is 7. The van der Waals surface area contributed by atoms with E-state index in [9.17, 15) is 30.8 Å². The Kier molecular flexibility index (Phi) is 7.95. The fourth-order valence-electron chi connectivity index (χ4n) is 5.24. The Hall–Kier alpha value is -4.21. The summed E-state index contributed by atoms with van der Waals surface area (Å²) < 4.78 is 91.0. The summed E-state index contributed by atoms with van der Waals surface area (Å²) in [7, 11) is -2.47. The molecule has 0 aliphatic heterocycles. The maximum Gasteiger partial charge on any atom is 0.266 e. The summed E-state index contributed by atoms with van der Waals surface area (Å²) in [6, 6.07) is 8.98. The van der Waals surface area contributed by atoms with Crippen molar-refractivity contribution in [3.8, 4) is 11.4 Å². The number of nitrogens with two attached hydrogens (primary N) is 1. The molecule has 1 atom stereocenters. The first-order valence-corrected chi connectivity index (χ1v) is 15.6. The molecule has 0 unspecified atom stereocenters. The molecule has 0 amide bonds. The lowest BCUT2D eigenvalue weighted by Crippen LogP contribution is -2.30. The van der Waals surface area contributed by atoms with Gasteiger partial charge in [0.15, 0.2) is 5.82 Å². The summed E-state index contributed by atoms with van der Waals surface area (Å²) in [5.41, 5.74) is 6.15. The fraction of sp³-hybridized carbons (Fsp3) is 0.276. The molecule has 0 saturated heterocycles. The lowest BCUT2D eigenvalue weighted by atomic mass is 10.0. The quantitative estimate of drug-likeness (QED) is 0.199. The van der Waals surface area contributed by atoms with Gasteiger partial charge in [0.2, 0.25) is 10.0 Å². The second-order valence-corrected chi connectivity index (χ2v) is 13.0. The number of nitrogens with one attached hydrogen (secondary N) is 1. The van der Waals surface area contributed by atoms with Gasteiger partial charge in [-0.15, -0.1) is 0 Å². The summed E-state index contributed by atoms with van der Waals surface area (Å²) in [6.45, 7) is -0.966. The third-order valence-electron chi connectivity index (χ3n) is 7.39. The highest BCUT2D eigenvalue weighted by molar-refractivity contribution is 7.93. The minimum absolute atomic E-state index is 0.0182. The van der Waals surface area contributed by atoms with E-state index in [1.807, 2.05) is 0 Å². The summed E-state index contributed by atoms with van der Waals surface area (Å²) in [4.78, 5) is 18.8. The number of halogens is 5. The molecule has 45 heavy (non-hydrogen) atoms. The van der Waals surface area contributed by atoms with Gasteiger partial charge >= 0.3 is 0 Å². The monoisotopic (exact) mass is 664 g/mol. The molecule has 1 saturated carbocycles. The van der Waals surface area contributed by atoms with Gasteiger partial charge in [-0.2, -0.15) is 5.10 Å². The predicted octanol–water partition coefficient (Wildman–Crippen LogP) is 5.09. The molecule has 5 aromatic rings. The number of hydrogen-bond donors (Lipinski definition) is 2. The standard InChI is InChI=1S/C29H25ClF4N6O4S/c1-44-17-2-5-19-22(12-17)36-28(21(35)10-14-8-15(31)11-16(32)9-14)40(29(19)41)23-7-6-20(30)25-26(23)39(13-24(33)34)37-27(25)38-45(42,43)18-3-4-18/h2,5-9,11-12,18,21,24H,3-4,10,13,35H2,1H3,(H,37,38)/t21-/m0/s1. The van der Waals surface area contributed by atoms with Crippen molar-refractivity contribution in [3.05, 3.63) is 86.9 Å². The number of anilines is 1. The van der Waals surface area contributed by atoms with Crippen molar-refractivity contribution in [3.63, 3.8) is 0 Å². The number of alkyl halides is 2. The molecule has 0 spiro atoms. The van der Waals surface area contributed by atoms with E-state index in [-0.39, 0.29) is 56.1 Å². The number of rotatable bonds is 10. The number of ether oxygens (including phenoxy) is 1. The van der Waals surface area contributed by atoms with Crippen LogP contribution in [0.15, 0.2) is 53.3 Å². The molecule has 3 N–H and O–H groups in total. The van der Waals surface area contributed by atoms with E-state index >= 15 is 0 Å². The van der Waals surface area contributed by atoms with E-state index in [1.165, 1.54) is 37.4 Å². The average Bonchev–Trinajstić information content (AvgIpc) is 3.77. The van der Waals surface area contributed by atoms with Gasteiger partial charge in [-0.05, 0) is 61.2 Å². The van der Waals surface area contributed by atoms with E-state index in [4.69, 9.17) is 22.1 Å². The predicted molar refractivity (Wildman–Crippen MR) is 161 cm³/mol. The van der Waals surface area contributed by atoms with E-state index in [2.05, 4.69) is 14.8 Å². The van der Waals surface area contributed by atoms with Gasteiger partial charge in [0.05, 0.1) is 50.9 Å². The van der Waals surface area contributed by atoms with Gasteiger partial charge in [0.1, 0.15) is 29.8 Å². The smallest absolute Gasteiger partial charge is 0.266 e. The Morgan fingerprint density at radius 1 is 1.11 bits per heavy atom. The summed E-state index contributed by atoms with van der Waals surface area (Å²) >= 11 is 6.51. The molecule has 2 aromatic heterocycles. The number of sulfonamides is 1. The van der Waals surface area contributed by atoms with Crippen LogP contribution in [-0.2, 0) is 23.0 Å². The fourth-order valence-corrected chi connectivity index (χ4v) is 6.82. The second kappa shape index (κ2) is 11.6. The Morgan fingerprint density at radius 2 is 1.82 bits per heavy atom. The Morgan fingerprint density at radius 3 is 2.47 bits per heavy atom. The molecule has 3 aromatic carbocycles. The highest BCUT2D eigenvalue weighted by Gasteiger charge is 2.37. The maximum absolute atomic E-state index is 14.2. The van der Waals surface area contributed by atoms with Crippen LogP contribution in [0.5, 0.6) is 5.75 Å². The van der Waals surface area contributed by atoms with E-state index in [0.29, 0.717) is 24.7 Å². The largest absolute Gasteiger partial charge is 0.497 e. The first kappa shape index (κ1) is 30.8. The van der Waals surface area contributed by atoms with Gasteiger partial charge < -0.3 is 10.5 Å². The van der Waals surface area contributed by atoms with Crippen LogP contribution in [0.2, 0.25) is 5.02 Å². The van der Waals surface area contributed by atoms with Crippen molar-refractivity contribution in [1.29, 1.82) is 0 Å². The van der Waals surface area contributed by atoms with Crippen molar-refractivity contribution < 1.29 is 30.7 Å². The van der Waals surface area contributed by atoms with E-state index in [0.717, 1.165) is 21.4 Å². The number of methoxy groups -OCH3 is 1. The molecule has 6 rings (SSSR count). The third-order valence-corrected chi connectivity index (χ3v) is 9.53. The van der Waals surface area contributed by atoms with Crippen molar-refractivity contribution in [2.24, 2.45) is 5.73 Å². The van der Waals surface area contributed by atoms with Crippen LogP contribution in [-0.4, -0.2) is 46.5 Å². The molecule has 1 fully saturated rings. The van der Waals surface area contributed by atoms with Crippen LogP contribution in [0.4, 0.5) is 23.4 Å². The second-order valence-electron chi connectivity index (χ2n) is 10.6. The highest BCUT2D eigenvalue weighted by atomic mass is 35.5. The molecular weight excluding hydrogens is 640 g/mol. The summed E-state index contributed by atoms with van der Waals surface area (Å²) in [5, 5.41) is 3.56. The average molecular weight is 665 g/mol. The normalized spacial score (nSPS) is 14.4. The van der Waals surface area contributed by atoms with Crippen molar-refractivity contribution in [2.75, 3.05) is 11.8 Å². The molecule has 10 nitrogen and oxygen atoms in total. The zero-order chi connectivity index (χ0) is 32.2. The Balaban J connectivity index is 1.63. The van der Waals surface area contributed by atoms with Crippen LogP contribution < -0.4 is 20.8 Å². The SMILES string of the molecule is COc1ccc2c(=O)n(-c3ccc(Cl)c4c(NS(=O)(=O)C5CC5)nn(CC(F)F)c34)c([C@@H](N)Cc3cc(F)cc(F)c3)nc2c1. The van der Waals surface area contributed by atoms with Crippen molar-refractivity contribution >= 4 is 49.2 Å². The topological polar surface area (TPSA) is 134 Å². The molecule has 236 valence electrons. The van der Waals surface area contributed by atoms with Crippen LogP contribution in [0.25, 0.3) is 27.5 Å². The first-order valence-electron chi connectivity index (χ1n) is 13.7. The molecule has 1 aliphatic carbocycles. The Bertz CT molecular complexity index is 2120. The Labute approximate surface area is 258 Å². The number of aromatic nitrogens is 4. The maximum atomic E-state index is 14.2. The van der Waals surface area contributed by atoms with Crippen molar-refractivity contribution in [1.82, 2.24) is 19.3 Å². The number of fused-ring (bicyclic) bond motifs is 2. The zero-order valence-corrected chi connectivity index (χ0v) is 25.0. The van der Waals surface area contributed by atoms with Crippen LogP contribution >= 0.6 is 11.6 Å². The molecule has 2 heterocycles. The number of nitrogens with zero attached hydrogens (tertiary/aromatic N) is 4. The van der Waals surface area contributed by atoms with E-state index in [1.54, 1.807) is 0 Å². The zero-order valence-electron chi connectivity index (χ0n) is 23.5. The first-order chi connectivity index (χ1) is 21.4. The molecule has 1 aliphatic rings. The molecule has 0 bridgehead atoms. The van der Waals surface area contributed by atoms with Gasteiger partial charge in [0, 0.05) is 12.1 Å². The molecule has 16 heteroatoms. The molecule has 0 radical (unpaired) electrons. The minimum Gasteiger partial charge on any atom is -0.497 e. The van der Waals surface area contributed by atoms with Gasteiger partial charge in [0.25, 0.3) is 12.0 Å². The minimum atomic E-state index is -3.89. The number of benzene rings is 3. The molecular formula is C29H25ClF4N6O4S. The van der Waals surface area contributed by atoms with Crippen LogP contribution in [0.3, 0.4) is 0 Å². The lowest BCUT2D eigenvalue weighted by Gasteiger charge is -2.20. The van der Waals surface area contributed by atoms with Gasteiger partial charge in [-0.3, -0.25) is 18.8 Å². The highest BCUT2D eigenvalue weighted by Crippen LogP contribution is 2.38. The van der Waals surface area contributed by atoms with Gasteiger partial charge in [-0.25, -0.2) is 31.0 Å². The summed E-state index contributed by atoms with van der Waals surface area (Å²) in [5.74, 6) is -1.64. The lowest BCUT2D eigenvalue weighted by molar-refractivity contribution is 0.123. The van der Waals surface area contributed by atoms with Gasteiger partial charge in [-0.1, -0.05) is 11.6 Å². The van der Waals surface area contributed by atoms with Crippen LogP contribution in [0, 0.1) is 11.6 Å². The van der Waals surface area contributed by atoms with Crippen molar-refractivity contribution in [2.45, 2.75) is 43.5 Å². The summed E-state index contributed by atoms with van der Waals surface area (Å²) in [6.07, 6.45) is -2.22. The van der Waals surface area contributed by atoms with Crippen LogP contribution in [0.1, 0.15) is 30.3 Å². The third kappa shape index (κ3) is 5.94.